The Morgan fingerprint density at radius 1 is 0.780 bits per heavy atom. The number of hydrazine groups is 1. The minimum Gasteiger partial charge on any atom is -0.508 e. The first kappa shape index (κ1) is 42.6. The topological polar surface area (TPSA) is 338 Å². The number of para-hydroxylation sites is 1. The van der Waals surface area contributed by atoms with Crippen LogP contribution in [-0.2, 0) is 52.8 Å². The molecule has 0 bridgehead atoms. The van der Waals surface area contributed by atoms with Gasteiger partial charge in [-0.25, -0.2) is 15.2 Å². The van der Waals surface area contributed by atoms with Crippen LogP contribution < -0.4 is 42.8 Å². The summed E-state index contributed by atoms with van der Waals surface area (Å²) in [4.78, 5) is 113. The number of aliphatic hydroxyl groups excluding tert-OH is 1. The smallest absolute Gasteiger partial charge is 0.423 e. The lowest BCUT2D eigenvalue weighted by atomic mass is 10.0. The maximum atomic E-state index is 14.1. The summed E-state index contributed by atoms with van der Waals surface area (Å²) < 4.78 is 0. The van der Waals surface area contributed by atoms with E-state index in [9.17, 15) is 48.6 Å². The lowest BCUT2D eigenvalue weighted by Crippen LogP contribution is -2.60. The minimum atomic E-state index is -1.69. The fraction of sp³-hybridized carbons (Fsp3) is 0.324. The number of carbonyl (C=O) groups excluding carboxylic acids is 7. The number of aromatic amines is 2. The molecule has 0 saturated carbocycles. The standard InChI is InChI=1S/C37H43N11O11/c49-17-29(36(57)43-26(11-19-5-7-22(50)8-6-19)32(53)40-16-31(52)47-48-37(58)59)46-34(55)27(12-20-14-39-24-4-2-1-3-23(20)24)44-35(56)28(13-21-15-38-18-41-21)45-33(54)25-9-10-30(51)42-25/h1-8,14-15,18,25-29,39,48-50H,9-13,16-17H2,(H,38,41)(H,40,53)(H,42,51)(H,43,57)(H,44,56)(H,45,54)(H,46,55)(H,47,52)(H,58,59)/t25-,26-,27-,28-,29-/m0/s1. The van der Waals surface area contributed by atoms with E-state index in [1.165, 1.54) is 36.8 Å². The van der Waals surface area contributed by atoms with Crippen molar-refractivity contribution in [3.05, 3.63) is 84.1 Å². The summed E-state index contributed by atoms with van der Waals surface area (Å²) in [5, 5.41) is 44.5. The van der Waals surface area contributed by atoms with E-state index in [-0.39, 0.29) is 43.8 Å². The second-order valence-electron chi connectivity index (χ2n) is 13.5. The highest BCUT2D eigenvalue weighted by atomic mass is 16.4. The van der Waals surface area contributed by atoms with Crippen molar-refractivity contribution in [3.63, 3.8) is 0 Å². The van der Waals surface area contributed by atoms with Crippen molar-refractivity contribution in [1.29, 1.82) is 0 Å². The molecule has 0 spiro atoms. The van der Waals surface area contributed by atoms with Crippen molar-refractivity contribution >= 4 is 58.3 Å². The molecule has 2 aromatic heterocycles. The van der Waals surface area contributed by atoms with Crippen LogP contribution in [0.2, 0.25) is 0 Å². The van der Waals surface area contributed by atoms with Crippen LogP contribution in [0.4, 0.5) is 4.79 Å². The SMILES string of the molecule is O=C(O)NNC(=O)CNC(=O)[C@H](Cc1ccc(O)cc1)NC(=O)[C@H](CO)NC(=O)[C@H](Cc1c[nH]c2ccccc12)NC(=O)[C@H](Cc1cnc[nH]1)NC(=O)[C@@H]1CCC(=O)N1. The fourth-order valence-electron chi connectivity index (χ4n) is 6.18. The van der Waals surface area contributed by atoms with Gasteiger partial charge in [0, 0.05) is 54.7 Å². The number of benzene rings is 2. The molecule has 2 aromatic carbocycles. The molecule has 5 atom stereocenters. The molecule has 1 aliphatic heterocycles. The van der Waals surface area contributed by atoms with E-state index in [0.717, 1.165) is 10.9 Å². The lowest BCUT2D eigenvalue weighted by Gasteiger charge is -2.26. The number of carboxylic acid groups (broad SMARTS) is 1. The number of nitrogens with one attached hydrogen (secondary N) is 10. The predicted octanol–water partition coefficient (Wildman–Crippen LogP) is -2.75. The average molecular weight is 818 g/mol. The highest BCUT2D eigenvalue weighted by molar-refractivity contribution is 5.98. The van der Waals surface area contributed by atoms with Gasteiger partial charge in [0.15, 0.2) is 0 Å². The molecule has 5 rings (SSSR count). The first-order chi connectivity index (χ1) is 28.3. The number of phenols is 1. The molecule has 13 N–H and O–H groups in total. The van der Waals surface area contributed by atoms with Gasteiger partial charge < -0.3 is 57.2 Å². The zero-order valence-corrected chi connectivity index (χ0v) is 31.2. The quantitative estimate of drug-likeness (QED) is 0.0455. The molecule has 0 radical (unpaired) electrons. The number of imidazole rings is 1. The average Bonchev–Trinajstić information content (AvgIpc) is 4.00. The molecule has 3 heterocycles. The highest BCUT2D eigenvalue weighted by Crippen LogP contribution is 2.20. The molecule has 312 valence electrons. The van der Waals surface area contributed by atoms with E-state index >= 15 is 0 Å². The van der Waals surface area contributed by atoms with Crippen LogP contribution in [-0.4, -0.2) is 121 Å². The number of aromatic nitrogens is 3. The Morgan fingerprint density at radius 3 is 2.08 bits per heavy atom. The normalized spacial score (nSPS) is 15.4. The van der Waals surface area contributed by atoms with E-state index < -0.39 is 84.9 Å². The van der Waals surface area contributed by atoms with Gasteiger partial charge in [-0.3, -0.25) is 39.0 Å². The van der Waals surface area contributed by atoms with Gasteiger partial charge in [0.2, 0.25) is 35.4 Å². The Kier molecular flexibility index (Phi) is 14.5. The van der Waals surface area contributed by atoms with Crippen LogP contribution in [0.3, 0.4) is 0 Å². The monoisotopic (exact) mass is 817 g/mol. The molecule has 22 heteroatoms. The third-order valence-corrected chi connectivity index (χ3v) is 9.21. The van der Waals surface area contributed by atoms with Crippen molar-refractivity contribution in [3.8, 4) is 5.75 Å². The zero-order valence-electron chi connectivity index (χ0n) is 31.2. The number of nitrogens with zero attached hydrogens (tertiary/aromatic N) is 1. The first-order valence-corrected chi connectivity index (χ1v) is 18.3. The van der Waals surface area contributed by atoms with E-state index in [0.29, 0.717) is 16.8 Å². The number of rotatable bonds is 18. The second kappa shape index (κ2) is 20.1. The van der Waals surface area contributed by atoms with Crippen molar-refractivity contribution in [2.24, 2.45) is 0 Å². The number of aliphatic hydroxyl groups is 1. The van der Waals surface area contributed by atoms with E-state index in [2.05, 4.69) is 46.9 Å². The number of H-pyrrole nitrogens is 2. The molecule has 0 unspecified atom stereocenters. The first-order valence-electron chi connectivity index (χ1n) is 18.3. The van der Waals surface area contributed by atoms with Crippen LogP contribution >= 0.6 is 0 Å². The summed E-state index contributed by atoms with van der Waals surface area (Å²) in [5.74, 6) is -5.59. The van der Waals surface area contributed by atoms with Crippen LogP contribution in [0.25, 0.3) is 10.9 Å². The molecule has 22 nitrogen and oxygen atoms in total. The van der Waals surface area contributed by atoms with Crippen LogP contribution in [0.15, 0.2) is 67.3 Å². The number of carbonyl (C=O) groups is 8. The van der Waals surface area contributed by atoms with Gasteiger partial charge in [0.25, 0.3) is 5.91 Å². The van der Waals surface area contributed by atoms with Crippen molar-refractivity contribution < 1.29 is 53.7 Å². The molecule has 4 aromatic rings. The van der Waals surface area contributed by atoms with Gasteiger partial charge in [-0.15, -0.1) is 0 Å². The molecule has 1 aliphatic rings. The number of aromatic hydroxyl groups is 1. The van der Waals surface area contributed by atoms with E-state index in [1.807, 2.05) is 5.43 Å². The van der Waals surface area contributed by atoms with Crippen LogP contribution in [0, 0.1) is 0 Å². The number of hydrogen-bond acceptors (Lipinski definition) is 11. The number of hydrogen-bond donors (Lipinski definition) is 13. The van der Waals surface area contributed by atoms with Crippen molar-refractivity contribution in [2.75, 3.05) is 13.2 Å². The van der Waals surface area contributed by atoms with Gasteiger partial charge in [0.05, 0.1) is 19.5 Å². The Balaban J connectivity index is 1.34. The van der Waals surface area contributed by atoms with Gasteiger partial charge in [-0.05, 0) is 35.7 Å². The van der Waals surface area contributed by atoms with E-state index in [4.69, 9.17) is 5.11 Å². The maximum absolute atomic E-state index is 14.1. The number of phenolic OH excluding ortho intramolecular Hbond substituents is 1. The Hall–Kier alpha value is -7.49. The van der Waals surface area contributed by atoms with Gasteiger partial charge >= 0.3 is 6.09 Å². The molecule has 59 heavy (non-hydrogen) atoms. The predicted molar refractivity (Wildman–Crippen MR) is 204 cm³/mol. The zero-order chi connectivity index (χ0) is 42.5. The third-order valence-electron chi connectivity index (χ3n) is 9.21. The minimum absolute atomic E-state index is 0.0731. The summed E-state index contributed by atoms with van der Waals surface area (Å²) in [6, 6.07) is 6.15. The third kappa shape index (κ3) is 12.2. The van der Waals surface area contributed by atoms with Gasteiger partial charge in [0.1, 0.15) is 36.0 Å². The largest absolute Gasteiger partial charge is 0.508 e. The Morgan fingerprint density at radius 2 is 1.44 bits per heavy atom. The number of amides is 8. The Labute approximate surface area is 334 Å². The molecular formula is C37H43N11O11. The van der Waals surface area contributed by atoms with Gasteiger partial charge in [-0.1, -0.05) is 30.3 Å². The maximum Gasteiger partial charge on any atom is 0.423 e. The molecular weight excluding hydrogens is 774 g/mol. The highest BCUT2D eigenvalue weighted by Gasteiger charge is 2.34. The second-order valence-corrected chi connectivity index (χ2v) is 13.5. The Bertz CT molecular complexity index is 2160. The number of fused-ring (bicyclic) bond motifs is 1. The fourth-order valence-corrected chi connectivity index (χ4v) is 6.18. The summed E-state index contributed by atoms with van der Waals surface area (Å²) in [7, 11) is 0. The van der Waals surface area contributed by atoms with E-state index in [1.54, 1.807) is 35.9 Å². The molecule has 1 fully saturated rings. The summed E-state index contributed by atoms with van der Waals surface area (Å²) in [6.45, 7) is -1.67. The molecule has 8 amide bonds. The summed E-state index contributed by atoms with van der Waals surface area (Å²) >= 11 is 0. The van der Waals surface area contributed by atoms with Gasteiger partial charge in [-0.2, -0.15) is 0 Å². The van der Waals surface area contributed by atoms with Crippen molar-refractivity contribution in [1.82, 2.24) is 57.7 Å². The lowest BCUT2D eigenvalue weighted by molar-refractivity contribution is -0.135. The molecule has 0 aliphatic carbocycles. The van der Waals surface area contributed by atoms with Crippen molar-refractivity contribution in [2.45, 2.75) is 62.3 Å². The molecule has 1 saturated heterocycles. The summed E-state index contributed by atoms with van der Waals surface area (Å²) in [5.41, 5.74) is 5.74. The summed E-state index contributed by atoms with van der Waals surface area (Å²) in [6.07, 6.45) is 2.87. The van der Waals surface area contributed by atoms with Crippen LogP contribution in [0.1, 0.15) is 29.7 Å². The van der Waals surface area contributed by atoms with Crippen LogP contribution in [0.5, 0.6) is 5.75 Å².